The van der Waals surface area contributed by atoms with Crippen LogP contribution in [0, 0.1) is 0 Å². The summed E-state index contributed by atoms with van der Waals surface area (Å²) in [6.07, 6.45) is 4.30. The molecule has 1 aliphatic heterocycles. The van der Waals surface area contributed by atoms with Gasteiger partial charge in [0.2, 0.25) is 0 Å². The lowest BCUT2D eigenvalue weighted by molar-refractivity contribution is -0.114. The van der Waals surface area contributed by atoms with Crippen LogP contribution in [0.2, 0.25) is 0 Å². The molecule has 0 radical (unpaired) electrons. The third kappa shape index (κ3) is 4.58. The summed E-state index contributed by atoms with van der Waals surface area (Å²) in [7, 11) is 1.63. The van der Waals surface area contributed by atoms with Crippen LogP contribution in [0.5, 0.6) is 11.5 Å². The molecule has 3 aromatic carbocycles. The Kier molecular flexibility index (Phi) is 6.69. The number of hydrogen-bond donors (Lipinski definition) is 0. The van der Waals surface area contributed by atoms with Gasteiger partial charge in [-0.05, 0) is 49.2 Å². The van der Waals surface area contributed by atoms with Crippen LogP contribution in [0.4, 0.5) is 5.69 Å². The highest BCUT2D eigenvalue weighted by atomic mass is 16.5. The molecule has 33 heavy (non-hydrogen) atoms. The Morgan fingerprint density at radius 2 is 1.73 bits per heavy atom. The number of anilines is 1. The van der Waals surface area contributed by atoms with Crippen LogP contribution in [0.25, 0.3) is 6.08 Å². The second-order valence-corrected chi connectivity index (χ2v) is 7.46. The van der Waals surface area contributed by atoms with Gasteiger partial charge in [-0.2, -0.15) is 10.1 Å². The lowest BCUT2D eigenvalue weighted by atomic mass is 9.98. The van der Waals surface area contributed by atoms with E-state index >= 15 is 0 Å². The highest BCUT2D eigenvalue weighted by Crippen LogP contribution is 2.35. The quantitative estimate of drug-likeness (QED) is 0.337. The minimum absolute atomic E-state index is 0.181. The number of hydrogen-bond acceptors (Lipinski definition) is 4. The number of carbonyl (C=O) groups excluding carboxylic acids is 1. The Hall–Kier alpha value is -4.12. The second kappa shape index (κ2) is 10.0. The number of methoxy groups -OCH3 is 1. The van der Waals surface area contributed by atoms with Crippen LogP contribution >= 0.6 is 0 Å². The van der Waals surface area contributed by atoms with Gasteiger partial charge in [0.25, 0.3) is 5.91 Å². The largest absolute Gasteiger partial charge is 0.493 e. The fourth-order valence-electron chi connectivity index (χ4n) is 3.83. The normalized spacial score (nSPS) is 14.4. The summed E-state index contributed by atoms with van der Waals surface area (Å²) in [5.74, 6) is 1.13. The number of benzene rings is 3. The zero-order valence-electron chi connectivity index (χ0n) is 18.8. The van der Waals surface area contributed by atoms with Gasteiger partial charge in [-0.25, -0.2) is 0 Å². The monoisotopic (exact) mass is 438 g/mol. The molecule has 1 amide bonds. The summed E-state index contributed by atoms with van der Waals surface area (Å²) in [5.41, 5.74) is 4.51. The maximum atomic E-state index is 13.5. The van der Waals surface area contributed by atoms with E-state index in [-0.39, 0.29) is 5.91 Å². The molecule has 0 bridgehead atoms. The van der Waals surface area contributed by atoms with Gasteiger partial charge in [-0.15, -0.1) is 6.58 Å². The van der Waals surface area contributed by atoms with Gasteiger partial charge in [-0.3, -0.25) is 4.79 Å². The summed E-state index contributed by atoms with van der Waals surface area (Å²) in [5, 5.41) is 6.15. The SMILES string of the molecule is C=CCc1cc(/C=C2\C(=O)N(c3ccccc3)N=C2c2ccccc2)cc(OCC)c1OC. The molecular weight excluding hydrogens is 412 g/mol. The predicted octanol–water partition coefficient (Wildman–Crippen LogP) is 5.66. The average molecular weight is 439 g/mol. The van der Waals surface area contributed by atoms with Gasteiger partial charge >= 0.3 is 0 Å². The van der Waals surface area contributed by atoms with Gasteiger partial charge in [0.1, 0.15) is 5.71 Å². The van der Waals surface area contributed by atoms with Crippen LogP contribution in [0.3, 0.4) is 0 Å². The number of rotatable bonds is 8. The molecule has 0 fully saturated rings. The molecule has 0 aliphatic carbocycles. The lowest BCUT2D eigenvalue weighted by Crippen LogP contribution is -2.21. The maximum absolute atomic E-state index is 13.5. The molecule has 1 aliphatic rings. The fourth-order valence-corrected chi connectivity index (χ4v) is 3.83. The highest BCUT2D eigenvalue weighted by molar-refractivity contribution is 6.37. The van der Waals surface area contributed by atoms with Crippen molar-refractivity contribution in [2.45, 2.75) is 13.3 Å². The molecule has 0 spiro atoms. The van der Waals surface area contributed by atoms with Crippen LogP contribution in [0.1, 0.15) is 23.6 Å². The standard InChI is InChI=1S/C28H26N2O3/c1-4-12-22-17-20(19-25(33-5-2)27(22)32-3)18-24-26(21-13-8-6-9-14-21)29-30(28(24)31)23-15-10-7-11-16-23/h4,6-11,13-19H,1,5,12H2,2-3H3/b24-18-. The first kappa shape index (κ1) is 22.1. The molecule has 0 N–H and O–H groups in total. The van der Waals surface area contributed by atoms with Crippen molar-refractivity contribution in [1.29, 1.82) is 0 Å². The third-order valence-electron chi connectivity index (χ3n) is 5.26. The molecule has 3 aromatic rings. The van der Waals surface area contributed by atoms with E-state index in [0.717, 1.165) is 22.4 Å². The van der Waals surface area contributed by atoms with Crippen molar-refractivity contribution < 1.29 is 14.3 Å². The number of carbonyl (C=O) groups is 1. The Bertz CT molecular complexity index is 1210. The van der Waals surface area contributed by atoms with E-state index in [1.807, 2.05) is 91.9 Å². The minimum Gasteiger partial charge on any atom is -0.493 e. The van der Waals surface area contributed by atoms with Gasteiger partial charge in [0.15, 0.2) is 11.5 Å². The van der Waals surface area contributed by atoms with Crippen molar-refractivity contribution in [2.75, 3.05) is 18.7 Å². The summed E-state index contributed by atoms with van der Waals surface area (Å²) in [6, 6.07) is 23.1. The van der Waals surface area contributed by atoms with Crippen LogP contribution in [-0.4, -0.2) is 25.3 Å². The van der Waals surface area contributed by atoms with Crippen molar-refractivity contribution in [3.8, 4) is 11.5 Å². The summed E-state index contributed by atoms with van der Waals surface area (Å²) in [6.45, 7) is 6.28. The van der Waals surface area contributed by atoms with Crippen molar-refractivity contribution >= 4 is 23.4 Å². The topological polar surface area (TPSA) is 51.1 Å². The molecule has 166 valence electrons. The van der Waals surface area contributed by atoms with Crippen molar-refractivity contribution in [3.05, 3.63) is 108 Å². The maximum Gasteiger partial charge on any atom is 0.281 e. The molecule has 4 rings (SSSR count). The van der Waals surface area contributed by atoms with Crippen LogP contribution in [0.15, 0.2) is 96.1 Å². The van der Waals surface area contributed by atoms with Gasteiger partial charge in [-0.1, -0.05) is 54.6 Å². The smallest absolute Gasteiger partial charge is 0.281 e. The number of para-hydroxylation sites is 1. The minimum atomic E-state index is -0.181. The molecule has 5 heteroatoms. The van der Waals surface area contributed by atoms with Gasteiger partial charge in [0, 0.05) is 11.1 Å². The number of allylic oxidation sites excluding steroid dienone is 1. The fraction of sp³-hybridized carbons (Fsp3) is 0.143. The van der Waals surface area contributed by atoms with Gasteiger partial charge < -0.3 is 9.47 Å². The molecule has 0 atom stereocenters. The number of nitrogens with zero attached hydrogens (tertiary/aromatic N) is 2. The summed E-state index contributed by atoms with van der Waals surface area (Å²) < 4.78 is 11.4. The second-order valence-electron chi connectivity index (χ2n) is 7.46. The van der Waals surface area contributed by atoms with Crippen LogP contribution < -0.4 is 14.5 Å². The summed E-state index contributed by atoms with van der Waals surface area (Å²) in [4.78, 5) is 13.5. The van der Waals surface area contributed by atoms with Crippen molar-refractivity contribution in [2.24, 2.45) is 5.10 Å². The first-order chi connectivity index (χ1) is 16.2. The Morgan fingerprint density at radius 3 is 2.36 bits per heavy atom. The molecule has 1 heterocycles. The molecule has 5 nitrogen and oxygen atoms in total. The van der Waals surface area contributed by atoms with E-state index in [1.54, 1.807) is 7.11 Å². The van der Waals surface area contributed by atoms with E-state index < -0.39 is 0 Å². The van der Waals surface area contributed by atoms with Gasteiger partial charge in [0.05, 0.1) is 25.0 Å². The van der Waals surface area contributed by atoms with Crippen molar-refractivity contribution in [3.63, 3.8) is 0 Å². The molecule has 0 saturated carbocycles. The zero-order valence-corrected chi connectivity index (χ0v) is 18.8. The Balaban J connectivity index is 1.85. The zero-order chi connectivity index (χ0) is 23.2. The average Bonchev–Trinajstić information content (AvgIpc) is 3.16. The highest BCUT2D eigenvalue weighted by Gasteiger charge is 2.32. The van der Waals surface area contributed by atoms with Crippen LogP contribution in [-0.2, 0) is 11.2 Å². The number of hydrazone groups is 1. The molecule has 0 saturated heterocycles. The molecule has 0 aromatic heterocycles. The predicted molar refractivity (Wildman–Crippen MR) is 133 cm³/mol. The van der Waals surface area contributed by atoms with E-state index in [4.69, 9.17) is 14.6 Å². The van der Waals surface area contributed by atoms with E-state index in [0.29, 0.717) is 35.8 Å². The molecule has 0 unspecified atom stereocenters. The lowest BCUT2D eigenvalue weighted by Gasteiger charge is -2.15. The van der Waals surface area contributed by atoms with E-state index in [9.17, 15) is 4.79 Å². The third-order valence-corrected chi connectivity index (χ3v) is 5.26. The number of ether oxygens (including phenoxy) is 2. The van der Waals surface area contributed by atoms with E-state index in [1.165, 1.54) is 5.01 Å². The molecular formula is C28H26N2O3. The Morgan fingerprint density at radius 1 is 1.03 bits per heavy atom. The summed E-state index contributed by atoms with van der Waals surface area (Å²) >= 11 is 0. The Labute approximate surface area is 194 Å². The first-order valence-corrected chi connectivity index (χ1v) is 10.9. The first-order valence-electron chi connectivity index (χ1n) is 10.9. The number of amides is 1. The van der Waals surface area contributed by atoms with E-state index in [2.05, 4.69) is 6.58 Å². The van der Waals surface area contributed by atoms with Crippen molar-refractivity contribution in [1.82, 2.24) is 0 Å².